The summed E-state index contributed by atoms with van der Waals surface area (Å²) >= 11 is 0.764. The Bertz CT molecular complexity index is 1200. The van der Waals surface area contributed by atoms with Crippen LogP contribution in [0.5, 0.6) is 5.75 Å². The van der Waals surface area contributed by atoms with Gasteiger partial charge in [0.15, 0.2) is 11.5 Å². The highest BCUT2D eigenvalue weighted by molar-refractivity contribution is 7.19. The number of hydrogen-bond acceptors (Lipinski definition) is 8. The van der Waals surface area contributed by atoms with Crippen LogP contribution in [0.2, 0.25) is 0 Å². The normalized spacial score (nSPS) is 15.0. The van der Waals surface area contributed by atoms with Crippen LogP contribution in [0.3, 0.4) is 0 Å². The lowest BCUT2D eigenvalue weighted by Gasteiger charge is -2.33. The van der Waals surface area contributed by atoms with E-state index < -0.39 is 23.4 Å². The molecule has 0 spiro atoms. The second-order valence-electron chi connectivity index (χ2n) is 8.09. The second kappa shape index (κ2) is 9.14. The number of nitrogens with one attached hydrogen (secondary N) is 1. The average molecular weight is 496 g/mol. The quantitative estimate of drug-likeness (QED) is 0.427. The summed E-state index contributed by atoms with van der Waals surface area (Å²) in [6.45, 7) is 2.15. The molecular formula is C21H24F3N7O2S. The van der Waals surface area contributed by atoms with E-state index in [0.29, 0.717) is 24.2 Å². The molecule has 0 radical (unpaired) electrons. The Morgan fingerprint density at radius 1 is 1.32 bits per heavy atom. The number of phenols is 1. The molecule has 0 aliphatic carbocycles. The van der Waals surface area contributed by atoms with Crippen molar-refractivity contribution < 1.29 is 23.1 Å². The first-order valence-corrected chi connectivity index (χ1v) is 11.4. The maximum Gasteiger partial charge on any atom is 0.417 e. The third-order valence-corrected chi connectivity index (χ3v) is 6.73. The fourth-order valence-electron chi connectivity index (χ4n) is 4.02. The molecule has 0 atom stereocenters. The lowest BCUT2D eigenvalue weighted by molar-refractivity contribution is -0.137. The van der Waals surface area contributed by atoms with Crippen LogP contribution in [-0.4, -0.2) is 45.4 Å². The molecule has 9 nitrogen and oxygen atoms in total. The minimum atomic E-state index is -4.72. The third-order valence-electron chi connectivity index (χ3n) is 5.81. The molecule has 1 fully saturated rings. The molecule has 182 valence electrons. The number of carbonyl (C=O) groups is 1. The number of halogens is 3. The number of nitrogen functional groups attached to an aromatic ring is 1. The summed E-state index contributed by atoms with van der Waals surface area (Å²) in [6, 6.07) is 2.84. The smallest absolute Gasteiger partial charge is 0.417 e. The number of nitrogens with zero attached hydrogens (tertiary/aromatic N) is 4. The molecule has 1 amide bonds. The highest BCUT2D eigenvalue weighted by Crippen LogP contribution is 2.41. The molecule has 6 N–H and O–H groups in total. The van der Waals surface area contributed by atoms with Crippen LogP contribution < -0.4 is 21.7 Å². The monoisotopic (exact) mass is 495 g/mol. The van der Waals surface area contributed by atoms with Crippen LogP contribution in [0.4, 0.5) is 29.7 Å². The van der Waals surface area contributed by atoms with Crippen molar-refractivity contribution in [1.82, 2.24) is 14.8 Å². The number of aromatic nitrogens is 3. The Hall–Kier alpha value is -3.32. The molecule has 3 aromatic rings. The molecule has 0 unspecified atom stereocenters. The summed E-state index contributed by atoms with van der Waals surface area (Å²) in [4.78, 5) is 19.2. The summed E-state index contributed by atoms with van der Waals surface area (Å²) in [5.74, 6) is -0.00965. The van der Waals surface area contributed by atoms with Crippen molar-refractivity contribution in [2.75, 3.05) is 35.6 Å². The van der Waals surface area contributed by atoms with E-state index in [2.05, 4.69) is 20.3 Å². The van der Waals surface area contributed by atoms with E-state index in [1.807, 2.05) is 0 Å². The zero-order valence-corrected chi connectivity index (χ0v) is 19.1. The van der Waals surface area contributed by atoms with Gasteiger partial charge in [0.05, 0.1) is 11.8 Å². The minimum Gasteiger partial charge on any atom is -0.508 e. The molecule has 0 bridgehead atoms. The molecule has 3 heterocycles. The number of amides is 1. The molecule has 1 aliphatic heterocycles. The number of thiazole rings is 1. The van der Waals surface area contributed by atoms with Gasteiger partial charge < -0.3 is 26.8 Å². The van der Waals surface area contributed by atoms with Gasteiger partial charge in [0, 0.05) is 25.7 Å². The first-order chi connectivity index (χ1) is 16.1. The maximum absolute atomic E-state index is 13.5. The second-order valence-corrected chi connectivity index (χ2v) is 9.12. The lowest BCUT2D eigenvalue weighted by Crippen LogP contribution is -2.37. The zero-order valence-electron chi connectivity index (χ0n) is 18.3. The highest BCUT2D eigenvalue weighted by atomic mass is 32.1. The standard InChI is InChI=1S/C21H24F3N7O2S/c1-30-20(31-6-4-11(9-25)5-7-31)15(10-27-30)28-18(33)16-17(26)34-19(29-16)13-3-2-12(32)8-14(13)21(22,23)24/h2-3,8,10-11,32H,4-7,9,25-26H2,1H3,(H,28,33). The number of rotatable bonds is 5. The summed E-state index contributed by atoms with van der Waals surface area (Å²) in [5.41, 5.74) is 10.7. The fourth-order valence-corrected chi connectivity index (χ4v) is 4.89. The summed E-state index contributed by atoms with van der Waals surface area (Å²) < 4.78 is 42.1. The number of anilines is 3. The topological polar surface area (TPSA) is 135 Å². The molecule has 2 aromatic heterocycles. The summed E-state index contributed by atoms with van der Waals surface area (Å²) in [5, 5.41) is 16.4. The van der Waals surface area contributed by atoms with Gasteiger partial charge in [-0.05, 0) is 43.5 Å². The van der Waals surface area contributed by atoms with Crippen molar-refractivity contribution in [3.05, 3.63) is 35.7 Å². The number of benzene rings is 1. The molecule has 34 heavy (non-hydrogen) atoms. The van der Waals surface area contributed by atoms with Crippen molar-refractivity contribution in [2.45, 2.75) is 19.0 Å². The summed E-state index contributed by atoms with van der Waals surface area (Å²) in [6.07, 6.45) is -1.37. The number of phenolic OH excluding ortho intramolecular Hbond substituents is 1. The third kappa shape index (κ3) is 4.66. The first kappa shape index (κ1) is 23.8. The van der Waals surface area contributed by atoms with Crippen molar-refractivity contribution in [3.8, 4) is 16.3 Å². The van der Waals surface area contributed by atoms with Crippen molar-refractivity contribution in [2.24, 2.45) is 18.7 Å². The van der Waals surface area contributed by atoms with Gasteiger partial charge in [0.25, 0.3) is 5.91 Å². The maximum atomic E-state index is 13.5. The van der Waals surface area contributed by atoms with Gasteiger partial charge in [-0.15, -0.1) is 0 Å². The largest absolute Gasteiger partial charge is 0.508 e. The number of aromatic hydroxyl groups is 1. The Balaban J connectivity index is 1.59. The van der Waals surface area contributed by atoms with Crippen LogP contribution in [0.1, 0.15) is 28.9 Å². The lowest BCUT2D eigenvalue weighted by atomic mass is 9.97. The fraction of sp³-hybridized carbons (Fsp3) is 0.381. The van der Waals surface area contributed by atoms with E-state index in [1.54, 1.807) is 11.7 Å². The van der Waals surface area contributed by atoms with Crippen molar-refractivity contribution in [1.29, 1.82) is 0 Å². The Kier molecular flexibility index (Phi) is 6.41. The van der Waals surface area contributed by atoms with Crippen molar-refractivity contribution in [3.63, 3.8) is 0 Å². The van der Waals surface area contributed by atoms with Gasteiger partial charge in [-0.1, -0.05) is 11.3 Å². The first-order valence-electron chi connectivity index (χ1n) is 10.5. The molecular weight excluding hydrogens is 471 g/mol. The Labute approximate surface area is 197 Å². The predicted molar refractivity (Wildman–Crippen MR) is 124 cm³/mol. The molecule has 4 rings (SSSR count). The minimum absolute atomic E-state index is 0.0251. The zero-order chi connectivity index (χ0) is 24.6. The molecule has 13 heteroatoms. The predicted octanol–water partition coefficient (Wildman–Crippen LogP) is 3.28. The van der Waals surface area contributed by atoms with Gasteiger partial charge >= 0.3 is 6.18 Å². The van der Waals surface area contributed by atoms with Gasteiger partial charge in [0.1, 0.15) is 21.4 Å². The SMILES string of the molecule is Cn1ncc(NC(=O)c2nc(-c3ccc(O)cc3C(F)(F)F)sc2N)c1N1CCC(CN)CC1. The van der Waals surface area contributed by atoms with Gasteiger partial charge in [-0.25, -0.2) is 4.98 Å². The molecule has 0 saturated carbocycles. The van der Waals surface area contributed by atoms with E-state index in [0.717, 1.165) is 55.2 Å². The van der Waals surface area contributed by atoms with Crippen molar-refractivity contribution >= 4 is 33.8 Å². The van der Waals surface area contributed by atoms with Crippen LogP contribution in [0.15, 0.2) is 24.4 Å². The highest BCUT2D eigenvalue weighted by Gasteiger charge is 2.35. The Morgan fingerprint density at radius 3 is 2.68 bits per heavy atom. The average Bonchev–Trinajstić information content (AvgIpc) is 3.35. The molecule has 1 aliphatic rings. The van der Waals surface area contributed by atoms with Gasteiger partial charge in [-0.3, -0.25) is 9.48 Å². The van der Waals surface area contributed by atoms with Crippen LogP contribution in [-0.2, 0) is 13.2 Å². The van der Waals surface area contributed by atoms with E-state index in [4.69, 9.17) is 11.5 Å². The molecule has 1 aromatic carbocycles. The number of piperidine rings is 1. The number of aryl methyl sites for hydroxylation is 1. The number of nitrogens with two attached hydrogens (primary N) is 2. The van der Waals surface area contributed by atoms with E-state index >= 15 is 0 Å². The van der Waals surface area contributed by atoms with Crippen LogP contribution in [0.25, 0.3) is 10.6 Å². The van der Waals surface area contributed by atoms with Crippen LogP contribution >= 0.6 is 11.3 Å². The van der Waals surface area contributed by atoms with E-state index in [-0.39, 0.29) is 21.3 Å². The molecule has 1 saturated heterocycles. The van der Waals surface area contributed by atoms with E-state index in [9.17, 15) is 23.1 Å². The van der Waals surface area contributed by atoms with Crippen LogP contribution in [0, 0.1) is 5.92 Å². The summed E-state index contributed by atoms with van der Waals surface area (Å²) in [7, 11) is 1.76. The number of hydrogen-bond donors (Lipinski definition) is 4. The van der Waals surface area contributed by atoms with Gasteiger partial charge in [-0.2, -0.15) is 18.3 Å². The number of alkyl halides is 3. The van der Waals surface area contributed by atoms with E-state index in [1.165, 1.54) is 6.20 Å². The Morgan fingerprint density at radius 2 is 2.03 bits per heavy atom. The number of carbonyl (C=O) groups excluding carboxylic acids is 1. The van der Waals surface area contributed by atoms with Gasteiger partial charge in [0.2, 0.25) is 0 Å².